The van der Waals surface area contributed by atoms with Gasteiger partial charge in [-0.1, -0.05) is 0 Å². The number of hydrogen-bond acceptors (Lipinski definition) is 3. The molecular weight excluding hydrogens is 154 g/mol. The van der Waals surface area contributed by atoms with Gasteiger partial charge in [0.2, 0.25) is 0 Å². The molecule has 1 N–H and O–H groups in total. The Hall–Kier alpha value is -1.51. The predicted octanol–water partition coefficient (Wildman–Crippen LogP) is 2.15. The maximum atomic E-state index is 9.34. The van der Waals surface area contributed by atoms with Crippen molar-refractivity contribution in [2.24, 2.45) is 0 Å². The van der Waals surface area contributed by atoms with E-state index in [0.717, 1.165) is 16.7 Å². The van der Waals surface area contributed by atoms with Gasteiger partial charge < -0.3 is 9.52 Å². The molecule has 0 fully saturated rings. The molecule has 3 heteroatoms. The van der Waals surface area contributed by atoms with Gasteiger partial charge in [0.25, 0.3) is 0 Å². The van der Waals surface area contributed by atoms with Crippen LogP contribution in [0.25, 0.3) is 11.1 Å². The highest BCUT2D eigenvalue weighted by atomic mass is 16.3. The molecule has 3 nitrogen and oxygen atoms in total. The van der Waals surface area contributed by atoms with Gasteiger partial charge in [-0.15, -0.1) is 0 Å². The lowest BCUT2D eigenvalue weighted by Crippen LogP contribution is -1.77. The summed E-state index contributed by atoms with van der Waals surface area (Å²) in [5.41, 5.74) is 2.24. The number of nitrogens with zero attached hydrogens (tertiary/aromatic N) is 1. The van der Waals surface area contributed by atoms with E-state index in [-0.39, 0.29) is 5.75 Å². The summed E-state index contributed by atoms with van der Waals surface area (Å²) >= 11 is 0. The summed E-state index contributed by atoms with van der Waals surface area (Å²) in [4.78, 5) is 4.15. The molecule has 0 atom stereocenters. The number of aromatic nitrogens is 1. The van der Waals surface area contributed by atoms with Crippen LogP contribution in [-0.2, 0) is 0 Å². The van der Waals surface area contributed by atoms with Gasteiger partial charge in [0.05, 0.1) is 0 Å². The Balaban J connectivity index is 2.89. The Morgan fingerprint density at radius 1 is 1.33 bits per heavy atom. The molecule has 0 aliphatic rings. The number of benzene rings is 1. The van der Waals surface area contributed by atoms with Crippen LogP contribution in [-0.4, -0.2) is 10.1 Å². The molecule has 0 unspecified atom stereocenters. The van der Waals surface area contributed by atoms with Gasteiger partial charge in [-0.2, -0.15) is 0 Å². The average molecular weight is 163 g/mol. The van der Waals surface area contributed by atoms with Crippen LogP contribution in [0.4, 0.5) is 0 Å². The van der Waals surface area contributed by atoms with Gasteiger partial charge in [0.15, 0.2) is 11.5 Å². The number of phenols is 1. The molecule has 0 saturated carbocycles. The normalized spacial score (nSPS) is 10.8. The molecule has 0 saturated heterocycles. The standard InChI is InChI=1S/C9H9NO2/c1-5-7(11)3-4-8-9(5)10-6(2)12-8/h3-4,11H,1-2H3. The van der Waals surface area contributed by atoms with Gasteiger partial charge in [-0.05, 0) is 19.1 Å². The average Bonchev–Trinajstić information content (AvgIpc) is 2.39. The Kier molecular flexibility index (Phi) is 1.33. The number of aromatic hydroxyl groups is 1. The van der Waals surface area contributed by atoms with Crippen molar-refractivity contribution in [3.05, 3.63) is 23.6 Å². The summed E-state index contributed by atoms with van der Waals surface area (Å²) in [6.45, 7) is 3.61. The van der Waals surface area contributed by atoms with Gasteiger partial charge in [-0.25, -0.2) is 4.98 Å². The van der Waals surface area contributed by atoms with Crippen LogP contribution in [0.2, 0.25) is 0 Å². The summed E-state index contributed by atoms with van der Waals surface area (Å²) in [6.07, 6.45) is 0. The van der Waals surface area contributed by atoms with Crippen LogP contribution in [0.15, 0.2) is 16.5 Å². The van der Waals surface area contributed by atoms with Crippen LogP contribution in [0.1, 0.15) is 11.5 Å². The molecule has 0 aliphatic carbocycles. The second-order valence-electron chi connectivity index (χ2n) is 2.79. The summed E-state index contributed by atoms with van der Waals surface area (Å²) in [5.74, 6) is 0.884. The highest BCUT2D eigenvalue weighted by Gasteiger charge is 2.07. The Bertz CT molecular complexity index is 431. The topological polar surface area (TPSA) is 46.3 Å². The van der Waals surface area contributed by atoms with E-state index in [1.807, 2.05) is 6.92 Å². The number of fused-ring (bicyclic) bond motifs is 1. The third-order valence-electron chi connectivity index (χ3n) is 1.89. The first kappa shape index (κ1) is 7.16. The third kappa shape index (κ3) is 0.863. The lowest BCUT2D eigenvalue weighted by molar-refractivity contribution is 0.471. The van der Waals surface area contributed by atoms with Gasteiger partial charge in [0, 0.05) is 12.5 Å². The molecule has 0 spiro atoms. The second-order valence-corrected chi connectivity index (χ2v) is 2.79. The highest BCUT2D eigenvalue weighted by Crippen LogP contribution is 2.25. The first-order valence-electron chi connectivity index (χ1n) is 3.74. The molecule has 1 aromatic heterocycles. The third-order valence-corrected chi connectivity index (χ3v) is 1.89. The van der Waals surface area contributed by atoms with E-state index in [1.54, 1.807) is 19.1 Å². The smallest absolute Gasteiger partial charge is 0.192 e. The molecule has 0 amide bonds. The first-order valence-corrected chi connectivity index (χ1v) is 3.74. The van der Waals surface area contributed by atoms with E-state index in [1.165, 1.54) is 0 Å². The Morgan fingerprint density at radius 2 is 2.08 bits per heavy atom. The SMILES string of the molecule is Cc1nc2c(C)c(O)ccc2o1. The van der Waals surface area contributed by atoms with E-state index < -0.39 is 0 Å². The van der Waals surface area contributed by atoms with Crippen molar-refractivity contribution < 1.29 is 9.52 Å². The van der Waals surface area contributed by atoms with Crippen molar-refractivity contribution in [2.45, 2.75) is 13.8 Å². The minimum Gasteiger partial charge on any atom is -0.508 e. The lowest BCUT2D eigenvalue weighted by Gasteiger charge is -1.95. The number of phenolic OH excluding ortho intramolecular Hbond substituents is 1. The number of hydrogen-bond donors (Lipinski definition) is 1. The largest absolute Gasteiger partial charge is 0.508 e. The van der Waals surface area contributed by atoms with Crippen molar-refractivity contribution in [3.8, 4) is 5.75 Å². The van der Waals surface area contributed by atoms with E-state index >= 15 is 0 Å². The minimum atomic E-state index is 0.260. The quantitative estimate of drug-likeness (QED) is 0.647. The number of aryl methyl sites for hydroxylation is 2. The minimum absolute atomic E-state index is 0.260. The molecular formula is C9H9NO2. The van der Waals surface area contributed by atoms with Crippen LogP contribution >= 0.6 is 0 Å². The zero-order valence-electron chi connectivity index (χ0n) is 6.96. The summed E-state index contributed by atoms with van der Waals surface area (Å²) in [6, 6.07) is 3.33. The van der Waals surface area contributed by atoms with Crippen LogP contribution in [0.3, 0.4) is 0 Å². The molecule has 0 bridgehead atoms. The second kappa shape index (κ2) is 2.24. The van der Waals surface area contributed by atoms with Crippen molar-refractivity contribution in [1.82, 2.24) is 4.98 Å². The van der Waals surface area contributed by atoms with E-state index in [9.17, 15) is 5.11 Å². The molecule has 1 aromatic carbocycles. The zero-order chi connectivity index (χ0) is 8.72. The maximum Gasteiger partial charge on any atom is 0.192 e. The van der Waals surface area contributed by atoms with Crippen LogP contribution in [0, 0.1) is 13.8 Å². The fourth-order valence-corrected chi connectivity index (χ4v) is 1.23. The first-order chi connectivity index (χ1) is 5.68. The Labute approximate surface area is 69.7 Å². The predicted molar refractivity (Wildman–Crippen MR) is 45.1 cm³/mol. The molecule has 1 heterocycles. The molecule has 0 aliphatic heterocycles. The molecule has 62 valence electrons. The highest BCUT2D eigenvalue weighted by molar-refractivity contribution is 5.78. The number of rotatable bonds is 0. The molecule has 12 heavy (non-hydrogen) atoms. The van der Waals surface area contributed by atoms with Gasteiger partial charge in [0.1, 0.15) is 11.3 Å². The van der Waals surface area contributed by atoms with Crippen molar-refractivity contribution in [3.63, 3.8) is 0 Å². The van der Waals surface area contributed by atoms with Gasteiger partial charge in [-0.3, -0.25) is 0 Å². The lowest BCUT2D eigenvalue weighted by atomic mass is 10.2. The van der Waals surface area contributed by atoms with Crippen LogP contribution < -0.4 is 0 Å². The molecule has 0 radical (unpaired) electrons. The fourth-order valence-electron chi connectivity index (χ4n) is 1.23. The zero-order valence-corrected chi connectivity index (χ0v) is 6.96. The summed E-state index contributed by atoms with van der Waals surface area (Å²) in [5, 5.41) is 9.34. The Morgan fingerprint density at radius 3 is 2.83 bits per heavy atom. The summed E-state index contributed by atoms with van der Waals surface area (Å²) in [7, 11) is 0. The monoisotopic (exact) mass is 163 g/mol. The number of oxazole rings is 1. The molecule has 2 aromatic rings. The van der Waals surface area contributed by atoms with E-state index in [2.05, 4.69) is 4.98 Å². The van der Waals surface area contributed by atoms with Crippen molar-refractivity contribution in [1.29, 1.82) is 0 Å². The van der Waals surface area contributed by atoms with Gasteiger partial charge >= 0.3 is 0 Å². The maximum absolute atomic E-state index is 9.34. The van der Waals surface area contributed by atoms with E-state index in [0.29, 0.717) is 5.89 Å². The van der Waals surface area contributed by atoms with Crippen LogP contribution in [0.5, 0.6) is 5.75 Å². The fraction of sp³-hybridized carbons (Fsp3) is 0.222. The van der Waals surface area contributed by atoms with Crippen molar-refractivity contribution >= 4 is 11.1 Å². The summed E-state index contributed by atoms with van der Waals surface area (Å²) < 4.78 is 5.28. The van der Waals surface area contributed by atoms with Crippen molar-refractivity contribution in [2.75, 3.05) is 0 Å². The van der Waals surface area contributed by atoms with E-state index in [4.69, 9.17) is 4.42 Å². The molecule has 2 rings (SSSR count).